The fraction of sp³-hybridized carbons (Fsp3) is 0.250. The summed E-state index contributed by atoms with van der Waals surface area (Å²) in [6, 6.07) is 10.6. The largest absolute Gasteiger partial charge is 0.384 e. The van der Waals surface area contributed by atoms with Gasteiger partial charge in [0.05, 0.1) is 0 Å². The van der Waals surface area contributed by atoms with Gasteiger partial charge in [-0.15, -0.1) is 0 Å². The van der Waals surface area contributed by atoms with E-state index in [0.29, 0.717) is 5.56 Å². The normalized spacial score (nSPS) is 12.5. The lowest BCUT2D eigenvalue weighted by atomic mass is 9.97. The van der Waals surface area contributed by atoms with Gasteiger partial charge in [0.2, 0.25) is 0 Å². The molecule has 0 spiro atoms. The van der Waals surface area contributed by atoms with Gasteiger partial charge in [0.1, 0.15) is 11.9 Å². The first kappa shape index (κ1) is 12.8. The van der Waals surface area contributed by atoms with Gasteiger partial charge in [-0.2, -0.15) is 0 Å². The Morgan fingerprint density at radius 1 is 0.778 bits per heavy atom. The van der Waals surface area contributed by atoms with Crippen LogP contribution >= 0.6 is 0 Å². The summed E-state index contributed by atoms with van der Waals surface area (Å²) in [7, 11) is 0. The first-order valence-corrected chi connectivity index (χ1v) is 5.99. The molecule has 1 N–H and O–H groups in total. The van der Waals surface area contributed by atoms with Crippen LogP contribution < -0.4 is 0 Å². The Morgan fingerprint density at radius 3 is 1.72 bits per heavy atom. The highest BCUT2D eigenvalue weighted by atomic mass is 19.1. The minimum Gasteiger partial charge on any atom is -0.384 e. The van der Waals surface area contributed by atoms with Crippen molar-refractivity contribution in [3.63, 3.8) is 0 Å². The maximum absolute atomic E-state index is 13.4. The van der Waals surface area contributed by atoms with Gasteiger partial charge in [-0.1, -0.05) is 35.4 Å². The van der Waals surface area contributed by atoms with Crippen LogP contribution in [0.15, 0.2) is 36.4 Å². The van der Waals surface area contributed by atoms with Crippen LogP contribution in [0.5, 0.6) is 0 Å². The van der Waals surface area contributed by atoms with Crippen molar-refractivity contribution in [3.05, 3.63) is 70.0 Å². The zero-order valence-electron chi connectivity index (χ0n) is 10.9. The molecule has 18 heavy (non-hydrogen) atoms. The fourth-order valence-electron chi connectivity index (χ4n) is 2.28. The van der Waals surface area contributed by atoms with E-state index >= 15 is 0 Å². The smallest absolute Gasteiger partial charge is 0.123 e. The Labute approximate surface area is 107 Å². The molecule has 0 aliphatic rings. The van der Waals surface area contributed by atoms with Crippen molar-refractivity contribution >= 4 is 0 Å². The third kappa shape index (κ3) is 2.77. The molecule has 1 atom stereocenters. The van der Waals surface area contributed by atoms with Crippen LogP contribution in [-0.4, -0.2) is 5.11 Å². The van der Waals surface area contributed by atoms with E-state index in [1.807, 2.05) is 45.0 Å². The monoisotopic (exact) mass is 244 g/mol. The van der Waals surface area contributed by atoms with Gasteiger partial charge in [0, 0.05) is 0 Å². The molecule has 0 heterocycles. The molecule has 2 heteroatoms. The Bertz CT molecular complexity index is 483. The molecular weight excluding hydrogens is 227 g/mol. The summed E-state index contributed by atoms with van der Waals surface area (Å²) in [5.74, 6) is -0.312. The minimum atomic E-state index is -0.780. The number of hydrogen-bond donors (Lipinski definition) is 1. The molecule has 2 aromatic carbocycles. The molecule has 0 radical (unpaired) electrons. The second-order valence-electron chi connectivity index (χ2n) is 4.89. The number of halogens is 1. The van der Waals surface area contributed by atoms with E-state index in [1.54, 1.807) is 0 Å². The number of benzene rings is 2. The number of aryl methyl sites for hydroxylation is 3. The average Bonchev–Trinajstić information content (AvgIpc) is 2.25. The molecule has 0 bridgehead atoms. The van der Waals surface area contributed by atoms with Gasteiger partial charge in [-0.25, -0.2) is 4.39 Å². The molecule has 2 aromatic rings. The third-order valence-electron chi connectivity index (χ3n) is 2.94. The average molecular weight is 244 g/mol. The second-order valence-corrected chi connectivity index (χ2v) is 4.89. The Balaban J connectivity index is 2.43. The van der Waals surface area contributed by atoms with Crippen molar-refractivity contribution < 1.29 is 9.50 Å². The van der Waals surface area contributed by atoms with Crippen molar-refractivity contribution in [1.29, 1.82) is 0 Å². The molecule has 0 aromatic heterocycles. The topological polar surface area (TPSA) is 20.2 Å². The quantitative estimate of drug-likeness (QED) is 0.851. The van der Waals surface area contributed by atoms with Crippen LogP contribution in [-0.2, 0) is 0 Å². The Morgan fingerprint density at radius 2 is 1.22 bits per heavy atom. The molecule has 0 fully saturated rings. The van der Waals surface area contributed by atoms with Crippen LogP contribution in [0.3, 0.4) is 0 Å². The van der Waals surface area contributed by atoms with Gasteiger partial charge in [-0.3, -0.25) is 0 Å². The highest BCUT2D eigenvalue weighted by molar-refractivity contribution is 5.36. The predicted molar refractivity (Wildman–Crippen MR) is 71.1 cm³/mol. The summed E-state index contributed by atoms with van der Waals surface area (Å²) in [6.45, 7) is 5.79. The van der Waals surface area contributed by atoms with Crippen molar-refractivity contribution in [1.82, 2.24) is 0 Å². The second kappa shape index (κ2) is 4.91. The van der Waals surface area contributed by atoms with Crippen molar-refractivity contribution in [3.8, 4) is 0 Å². The maximum atomic E-state index is 13.4. The molecule has 0 aliphatic carbocycles. The molecule has 0 amide bonds. The summed E-state index contributed by atoms with van der Waals surface area (Å²) < 4.78 is 13.4. The van der Waals surface area contributed by atoms with Crippen molar-refractivity contribution in [2.24, 2.45) is 0 Å². The molecule has 0 aliphatic heterocycles. The summed E-state index contributed by atoms with van der Waals surface area (Å²) in [5, 5.41) is 10.3. The van der Waals surface area contributed by atoms with Gasteiger partial charge < -0.3 is 5.11 Å². The molecule has 1 unspecified atom stereocenters. The lowest BCUT2D eigenvalue weighted by molar-refractivity contribution is 0.219. The van der Waals surface area contributed by atoms with Gasteiger partial charge in [0.15, 0.2) is 0 Å². The molecule has 0 saturated heterocycles. The number of hydrogen-bond acceptors (Lipinski definition) is 1. The van der Waals surface area contributed by atoms with E-state index in [0.717, 1.165) is 22.3 Å². The van der Waals surface area contributed by atoms with Crippen LogP contribution in [0, 0.1) is 26.6 Å². The van der Waals surface area contributed by atoms with E-state index in [-0.39, 0.29) is 5.82 Å². The van der Waals surface area contributed by atoms with Gasteiger partial charge >= 0.3 is 0 Å². The number of aliphatic hydroxyl groups excluding tert-OH is 1. The molecule has 0 saturated carbocycles. The number of rotatable bonds is 2. The van der Waals surface area contributed by atoms with Crippen molar-refractivity contribution in [2.75, 3.05) is 0 Å². The van der Waals surface area contributed by atoms with Crippen LogP contribution in [0.4, 0.5) is 4.39 Å². The van der Waals surface area contributed by atoms with E-state index < -0.39 is 6.10 Å². The summed E-state index contributed by atoms with van der Waals surface area (Å²) in [6.07, 6.45) is -0.780. The number of aliphatic hydroxyl groups is 1. The van der Waals surface area contributed by atoms with E-state index in [1.165, 1.54) is 12.1 Å². The Hall–Kier alpha value is -1.67. The fourth-order valence-corrected chi connectivity index (χ4v) is 2.28. The lowest BCUT2D eigenvalue weighted by Crippen LogP contribution is -2.02. The van der Waals surface area contributed by atoms with Crippen LogP contribution in [0.25, 0.3) is 0 Å². The van der Waals surface area contributed by atoms with Crippen LogP contribution in [0.1, 0.15) is 33.9 Å². The van der Waals surface area contributed by atoms with Crippen molar-refractivity contribution in [2.45, 2.75) is 26.9 Å². The highest BCUT2D eigenvalue weighted by Gasteiger charge is 2.12. The molecular formula is C16H17FO. The SMILES string of the molecule is Cc1cc(C)cc(C(O)c2cc(C)cc(F)c2)c1. The lowest BCUT2D eigenvalue weighted by Gasteiger charge is -2.14. The highest BCUT2D eigenvalue weighted by Crippen LogP contribution is 2.25. The predicted octanol–water partition coefficient (Wildman–Crippen LogP) is 3.83. The summed E-state index contributed by atoms with van der Waals surface area (Å²) in [5.41, 5.74) is 4.40. The maximum Gasteiger partial charge on any atom is 0.123 e. The van der Waals surface area contributed by atoms with Gasteiger partial charge in [-0.05, 0) is 49.6 Å². The Kier molecular flexibility index (Phi) is 3.48. The van der Waals surface area contributed by atoms with Crippen LogP contribution in [0.2, 0.25) is 0 Å². The third-order valence-corrected chi connectivity index (χ3v) is 2.94. The zero-order chi connectivity index (χ0) is 13.3. The molecule has 1 nitrogen and oxygen atoms in total. The summed E-state index contributed by atoms with van der Waals surface area (Å²) in [4.78, 5) is 0. The summed E-state index contributed by atoms with van der Waals surface area (Å²) >= 11 is 0. The first-order valence-electron chi connectivity index (χ1n) is 5.99. The minimum absolute atomic E-state index is 0.312. The van der Waals surface area contributed by atoms with E-state index in [9.17, 15) is 9.50 Å². The molecule has 94 valence electrons. The van der Waals surface area contributed by atoms with E-state index in [2.05, 4.69) is 0 Å². The zero-order valence-corrected chi connectivity index (χ0v) is 10.9. The van der Waals surface area contributed by atoms with E-state index in [4.69, 9.17) is 0 Å². The first-order chi connectivity index (χ1) is 8.45. The van der Waals surface area contributed by atoms with Gasteiger partial charge in [0.25, 0.3) is 0 Å². The molecule has 2 rings (SSSR count). The standard InChI is InChI=1S/C16H17FO/c1-10-4-11(2)6-13(5-10)16(18)14-7-12(3)8-15(17)9-14/h4-9,16,18H,1-3H3.